The molecule has 0 saturated carbocycles. The smallest absolute Gasteiger partial charge is 0.163 e. The van der Waals surface area contributed by atoms with Crippen molar-refractivity contribution in [1.82, 2.24) is 4.90 Å². The number of benzene rings is 1. The van der Waals surface area contributed by atoms with Gasteiger partial charge in [0.05, 0.1) is 0 Å². The van der Waals surface area contributed by atoms with E-state index in [1.54, 1.807) is 0 Å². The Bertz CT molecular complexity index is 459. The molecule has 4 nitrogen and oxygen atoms in total. The predicted octanol–water partition coefficient (Wildman–Crippen LogP) is 2.26. The van der Waals surface area contributed by atoms with Gasteiger partial charge < -0.3 is 19.7 Å². The molecule has 2 unspecified atom stereocenters. The summed E-state index contributed by atoms with van der Waals surface area (Å²) in [6.07, 6.45) is 1.11. The number of hydrogen-bond acceptors (Lipinski definition) is 4. The van der Waals surface area contributed by atoms with Crippen molar-refractivity contribution in [3.8, 4) is 11.5 Å². The van der Waals surface area contributed by atoms with Crippen molar-refractivity contribution < 1.29 is 9.47 Å². The van der Waals surface area contributed by atoms with Gasteiger partial charge in [0.2, 0.25) is 0 Å². The molecular formula is C14H20N2O2. The fourth-order valence-corrected chi connectivity index (χ4v) is 2.78. The maximum absolute atomic E-state index is 5.67. The van der Waals surface area contributed by atoms with Crippen molar-refractivity contribution in [1.29, 1.82) is 0 Å². The quantitative estimate of drug-likeness (QED) is 0.826. The minimum absolute atomic E-state index is 0.437. The van der Waals surface area contributed by atoms with Gasteiger partial charge in [-0.1, -0.05) is 0 Å². The largest absolute Gasteiger partial charge is 0.486 e. The van der Waals surface area contributed by atoms with Crippen LogP contribution in [0.1, 0.15) is 24.9 Å². The number of ether oxygens (including phenoxy) is 2. The summed E-state index contributed by atoms with van der Waals surface area (Å²) in [6, 6.07) is 5.13. The highest BCUT2D eigenvalue weighted by molar-refractivity contribution is 5.63. The number of anilines is 1. The molecular weight excluding hydrogens is 228 g/mol. The van der Waals surface area contributed by atoms with Crippen molar-refractivity contribution in [2.75, 3.05) is 32.6 Å². The second-order valence-corrected chi connectivity index (χ2v) is 5.34. The Labute approximate surface area is 108 Å². The molecule has 2 aliphatic rings. The van der Waals surface area contributed by atoms with E-state index in [0.29, 0.717) is 25.3 Å². The van der Waals surface area contributed by atoms with Crippen molar-refractivity contribution in [3.05, 3.63) is 17.7 Å². The molecule has 0 saturated heterocycles. The number of nitrogens with one attached hydrogen (secondary N) is 1. The maximum Gasteiger partial charge on any atom is 0.163 e. The lowest BCUT2D eigenvalue weighted by Gasteiger charge is -2.36. The van der Waals surface area contributed by atoms with E-state index in [2.05, 4.69) is 43.4 Å². The SMILES string of the molecule is CC1CC(N(C)C)c2cc3c(cc2N1)OCCO3. The first-order chi connectivity index (χ1) is 8.65. The highest BCUT2D eigenvalue weighted by atomic mass is 16.6. The zero-order valence-electron chi connectivity index (χ0n) is 11.2. The van der Waals surface area contributed by atoms with E-state index in [4.69, 9.17) is 9.47 Å². The van der Waals surface area contributed by atoms with Gasteiger partial charge in [-0.25, -0.2) is 0 Å². The molecule has 98 valence electrons. The van der Waals surface area contributed by atoms with E-state index in [1.165, 1.54) is 11.3 Å². The lowest BCUT2D eigenvalue weighted by atomic mass is 9.92. The van der Waals surface area contributed by atoms with Crippen LogP contribution in [-0.4, -0.2) is 38.3 Å². The summed E-state index contributed by atoms with van der Waals surface area (Å²) < 4.78 is 11.3. The van der Waals surface area contributed by atoms with Crippen LogP contribution >= 0.6 is 0 Å². The molecule has 0 bridgehead atoms. The minimum atomic E-state index is 0.437. The lowest BCUT2D eigenvalue weighted by molar-refractivity contribution is 0.170. The van der Waals surface area contributed by atoms with Crippen LogP contribution in [0, 0.1) is 0 Å². The van der Waals surface area contributed by atoms with Crippen LogP contribution in [0.4, 0.5) is 5.69 Å². The molecule has 4 heteroatoms. The van der Waals surface area contributed by atoms with Gasteiger partial charge >= 0.3 is 0 Å². The zero-order valence-corrected chi connectivity index (χ0v) is 11.2. The predicted molar refractivity (Wildman–Crippen MR) is 71.6 cm³/mol. The van der Waals surface area contributed by atoms with Crippen molar-refractivity contribution in [2.24, 2.45) is 0 Å². The molecule has 0 aliphatic carbocycles. The summed E-state index contributed by atoms with van der Waals surface area (Å²) in [4.78, 5) is 2.27. The van der Waals surface area contributed by atoms with Gasteiger partial charge in [0.1, 0.15) is 13.2 Å². The van der Waals surface area contributed by atoms with Gasteiger partial charge in [-0.05, 0) is 39.1 Å². The number of hydrogen-bond donors (Lipinski definition) is 1. The maximum atomic E-state index is 5.67. The van der Waals surface area contributed by atoms with Gasteiger partial charge in [-0.15, -0.1) is 0 Å². The first kappa shape index (κ1) is 11.7. The summed E-state index contributed by atoms with van der Waals surface area (Å²) in [7, 11) is 4.26. The second-order valence-electron chi connectivity index (χ2n) is 5.34. The Hall–Kier alpha value is -1.42. The van der Waals surface area contributed by atoms with Crippen LogP contribution < -0.4 is 14.8 Å². The molecule has 3 rings (SSSR count). The van der Waals surface area contributed by atoms with E-state index in [9.17, 15) is 0 Å². The van der Waals surface area contributed by atoms with E-state index >= 15 is 0 Å². The minimum Gasteiger partial charge on any atom is -0.486 e. The monoisotopic (exact) mass is 248 g/mol. The molecule has 1 N–H and O–H groups in total. The third kappa shape index (κ3) is 1.90. The first-order valence-corrected chi connectivity index (χ1v) is 6.51. The number of fused-ring (bicyclic) bond motifs is 2. The summed E-state index contributed by atoms with van der Waals surface area (Å²) in [5.74, 6) is 1.74. The third-order valence-corrected chi connectivity index (χ3v) is 3.68. The molecule has 0 radical (unpaired) electrons. The van der Waals surface area contributed by atoms with E-state index in [-0.39, 0.29) is 0 Å². The standard InChI is InChI=1S/C14H20N2O2/c1-9-6-12(16(2)3)10-7-13-14(8-11(10)15-9)18-5-4-17-13/h7-9,12,15H,4-6H2,1-3H3. The van der Waals surface area contributed by atoms with E-state index < -0.39 is 0 Å². The molecule has 2 atom stereocenters. The molecule has 1 aromatic rings. The van der Waals surface area contributed by atoms with Crippen LogP contribution in [0.5, 0.6) is 11.5 Å². The van der Waals surface area contributed by atoms with Gasteiger partial charge in [0, 0.05) is 23.8 Å². The third-order valence-electron chi connectivity index (χ3n) is 3.68. The molecule has 0 fully saturated rings. The summed E-state index contributed by atoms with van der Waals surface area (Å²) in [6.45, 7) is 3.50. The van der Waals surface area contributed by atoms with Crippen molar-refractivity contribution in [3.63, 3.8) is 0 Å². The molecule has 2 heterocycles. The van der Waals surface area contributed by atoms with E-state index in [1.807, 2.05) is 0 Å². The topological polar surface area (TPSA) is 33.7 Å². The first-order valence-electron chi connectivity index (χ1n) is 6.51. The fourth-order valence-electron chi connectivity index (χ4n) is 2.78. The molecule has 1 aromatic carbocycles. The van der Waals surface area contributed by atoms with Gasteiger partial charge in [-0.3, -0.25) is 0 Å². The fraction of sp³-hybridized carbons (Fsp3) is 0.571. The van der Waals surface area contributed by atoms with Crippen LogP contribution in [0.2, 0.25) is 0 Å². The Morgan fingerprint density at radius 1 is 1.17 bits per heavy atom. The Balaban J connectivity index is 2.05. The van der Waals surface area contributed by atoms with Crippen LogP contribution in [0.3, 0.4) is 0 Å². The molecule has 0 spiro atoms. The van der Waals surface area contributed by atoms with Gasteiger partial charge in [-0.2, -0.15) is 0 Å². The van der Waals surface area contributed by atoms with Gasteiger partial charge in [0.25, 0.3) is 0 Å². The zero-order chi connectivity index (χ0) is 12.7. The Kier molecular flexibility index (Phi) is 2.82. The number of rotatable bonds is 1. The highest BCUT2D eigenvalue weighted by Gasteiger charge is 2.28. The Morgan fingerprint density at radius 3 is 2.50 bits per heavy atom. The van der Waals surface area contributed by atoms with E-state index in [0.717, 1.165) is 17.9 Å². The molecule has 0 aromatic heterocycles. The van der Waals surface area contributed by atoms with Crippen LogP contribution in [0.25, 0.3) is 0 Å². The highest BCUT2D eigenvalue weighted by Crippen LogP contribution is 2.43. The van der Waals surface area contributed by atoms with Crippen molar-refractivity contribution >= 4 is 5.69 Å². The second kappa shape index (κ2) is 4.35. The summed E-state index contributed by atoms with van der Waals surface area (Å²) >= 11 is 0. The van der Waals surface area contributed by atoms with Crippen LogP contribution in [-0.2, 0) is 0 Å². The van der Waals surface area contributed by atoms with Crippen molar-refractivity contribution in [2.45, 2.75) is 25.4 Å². The summed E-state index contributed by atoms with van der Waals surface area (Å²) in [5.41, 5.74) is 2.49. The lowest BCUT2D eigenvalue weighted by Crippen LogP contribution is -2.32. The number of nitrogens with zero attached hydrogens (tertiary/aromatic N) is 1. The van der Waals surface area contributed by atoms with Gasteiger partial charge in [0.15, 0.2) is 11.5 Å². The molecule has 18 heavy (non-hydrogen) atoms. The summed E-state index contributed by atoms with van der Waals surface area (Å²) in [5, 5.41) is 3.53. The molecule has 0 amide bonds. The normalized spacial score (nSPS) is 25.6. The van der Waals surface area contributed by atoms with Crippen LogP contribution in [0.15, 0.2) is 12.1 Å². The average molecular weight is 248 g/mol. The Morgan fingerprint density at radius 2 is 1.83 bits per heavy atom. The average Bonchev–Trinajstić information content (AvgIpc) is 2.35. The molecule has 2 aliphatic heterocycles.